The van der Waals surface area contributed by atoms with E-state index in [4.69, 9.17) is 14.2 Å². The zero-order valence-electron chi connectivity index (χ0n) is 23.0. The molecule has 1 aromatic heterocycles. The number of benzene rings is 2. The lowest BCUT2D eigenvalue weighted by Crippen LogP contribution is -2.39. The number of esters is 1. The number of rotatable bonds is 11. The number of thioether (sulfide) groups is 1. The van der Waals surface area contributed by atoms with Crippen LogP contribution in [0.5, 0.6) is 0 Å². The fourth-order valence-corrected chi connectivity index (χ4v) is 5.48. The van der Waals surface area contributed by atoms with Crippen molar-refractivity contribution < 1.29 is 33.6 Å². The van der Waals surface area contributed by atoms with E-state index in [1.165, 1.54) is 18.0 Å². The van der Waals surface area contributed by atoms with Crippen LogP contribution in [0.3, 0.4) is 0 Å². The van der Waals surface area contributed by atoms with E-state index >= 15 is 0 Å². The molecule has 3 aromatic rings. The monoisotopic (exact) mass is 581 g/mol. The van der Waals surface area contributed by atoms with Gasteiger partial charge in [-0.2, -0.15) is 4.73 Å². The molecule has 0 unspecified atom stereocenters. The normalized spacial score (nSPS) is 20.3. The Morgan fingerprint density at radius 3 is 2.39 bits per heavy atom. The van der Waals surface area contributed by atoms with Crippen molar-refractivity contribution in [2.45, 2.75) is 50.5 Å². The number of ether oxygens (including phenoxy) is 3. The number of urea groups is 1. The minimum Gasteiger partial charge on any atom is -0.618 e. The van der Waals surface area contributed by atoms with Crippen molar-refractivity contribution >= 4 is 23.8 Å². The lowest BCUT2D eigenvalue weighted by Gasteiger charge is -2.41. The average Bonchev–Trinajstić information content (AvgIpc) is 2.99. The number of nitrogens with zero attached hydrogens (tertiary/aromatic N) is 1. The van der Waals surface area contributed by atoms with Crippen LogP contribution < -0.4 is 15.4 Å². The number of carbonyl (C=O) groups excluding carboxylic acids is 2. The van der Waals surface area contributed by atoms with Crippen molar-refractivity contribution in [3.8, 4) is 0 Å². The van der Waals surface area contributed by atoms with Gasteiger partial charge in [0.1, 0.15) is 6.54 Å². The van der Waals surface area contributed by atoms with Crippen LogP contribution in [0.1, 0.15) is 48.5 Å². The first kappa shape index (κ1) is 30.3. The molecule has 218 valence electrons. The van der Waals surface area contributed by atoms with Crippen LogP contribution in [0.15, 0.2) is 78.0 Å². The van der Waals surface area contributed by atoms with Gasteiger partial charge in [0.15, 0.2) is 12.5 Å². The zero-order chi connectivity index (χ0) is 29.2. The van der Waals surface area contributed by atoms with Gasteiger partial charge in [-0.05, 0) is 29.7 Å². The summed E-state index contributed by atoms with van der Waals surface area (Å²) in [5, 5.41) is 27.4. The Balaban J connectivity index is 1.44. The first-order valence-electron chi connectivity index (χ1n) is 13.5. The Morgan fingerprint density at radius 2 is 1.71 bits per heavy atom. The van der Waals surface area contributed by atoms with Gasteiger partial charge in [-0.1, -0.05) is 67.2 Å². The molecule has 41 heavy (non-hydrogen) atoms. The highest BCUT2D eigenvalue weighted by Gasteiger charge is 2.38. The molecule has 2 heterocycles. The smallest absolute Gasteiger partial charge is 0.325 e. The van der Waals surface area contributed by atoms with E-state index in [1.54, 1.807) is 19.1 Å². The number of nitrogens with one attached hydrogen (secondary N) is 2. The molecule has 0 saturated carbocycles. The van der Waals surface area contributed by atoms with Crippen molar-refractivity contribution in [2.24, 2.45) is 5.92 Å². The second-order valence-electron chi connectivity index (χ2n) is 9.58. The third-order valence-electron chi connectivity index (χ3n) is 6.71. The van der Waals surface area contributed by atoms with Gasteiger partial charge in [0, 0.05) is 35.9 Å². The highest BCUT2D eigenvalue weighted by Crippen LogP contribution is 2.42. The molecule has 4 rings (SSSR count). The molecular formula is C30H35N3O7S. The Bertz CT molecular complexity index is 1290. The van der Waals surface area contributed by atoms with Crippen molar-refractivity contribution in [2.75, 3.05) is 18.9 Å². The fourth-order valence-electron chi connectivity index (χ4n) is 4.40. The maximum atomic E-state index is 12.2. The molecule has 1 aliphatic heterocycles. The summed E-state index contributed by atoms with van der Waals surface area (Å²) in [4.78, 5) is 23.4. The molecule has 1 saturated heterocycles. The van der Waals surface area contributed by atoms with Crippen molar-refractivity contribution in [3.63, 3.8) is 0 Å². The molecule has 0 spiro atoms. The predicted octanol–water partition coefficient (Wildman–Crippen LogP) is 3.76. The van der Waals surface area contributed by atoms with Crippen molar-refractivity contribution in [1.29, 1.82) is 0 Å². The zero-order valence-corrected chi connectivity index (χ0v) is 23.8. The van der Waals surface area contributed by atoms with E-state index in [2.05, 4.69) is 17.6 Å². The maximum absolute atomic E-state index is 12.2. The standard InChI is InChI=1S/C30H35N3O7S/c1-3-38-27(35)17-32-30(36)31-16-21-7-13-24(14-8-21)29-39-25(19-41-26-6-4-5-15-33(26)37)20(2)28(40-29)23-11-9-22(18-34)10-12-23/h4-15,20,25,28-29,34H,3,16-19H2,1-2H3,(H2,31,32,36)/t20-,25+,28+,29+/m0/s1. The van der Waals surface area contributed by atoms with Crippen LogP contribution in [0.2, 0.25) is 0 Å². The molecular weight excluding hydrogens is 546 g/mol. The van der Waals surface area contributed by atoms with Crippen LogP contribution in [-0.2, 0) is 32.2 Å². The Kier molecular flexibility index (Phi) is 11.0. The van der Waals surface area contributed by atoms with E-state index in [-0.39, 0.29) is 44.4 Å². The highest BCUT2D eigenvalue weighted by atomic mass is 32.2. The van der Waals surface area contributed by atoms with Crippen LogP contribution in [0.25, 0.3) is 0 Å². The van der Waals surface area contributed by atoms with E-state index in [1.807, 2.05) is 54.6 Å². The van der Waals surface area contributed by atoms with E-state index in [0.29, 0.717) is 10.8 Å². The predicted molar refractivity (Wildman–Crippen MR) is 152 cm³/mol. The third kappa shape index (κ3) is 8.43. The SMILES string of the molecule is CCOC(=O)CNC(=O)NCc1ccc([C@@H]2O[C@H](CSc3cccc[n+]3[O-])[C@H](C)[C@H](c3ccc(CO)cc3)O2)cc1. The molecule has 1 aliphatic rings. The van der Waals surface area contributed by atoms with E-state index in [9.17, 15) is 19.9 Å². The first-order valence-corrected chi connectivity index (χ1v) is 14.4. The highest BCUT2D eigenvalue weighted by molar-refractivity contribution is 7.99. The molecule has 1 fully saturated rings. The number of aliphatic hydroxyl groups is 1. The summed E-state index contributed by atoms with van der Waals surface area (Å²) in [6, 6.07) is 20.1. The van der Waals surface area contributed by atoms with Gasteiger partial charge in [0.05, 0.1) is 25.4 Å². The molecule has 0 bridgehead atoms. The van der Waals surface area contributed by atoms with Gasteiger partial charge in [-0.15, -0.1) is 0 Å². The number of hydrogen-bond acceptors (Lipinski definition) is 8. The summed E-state index contributed by atoms with van der Waals surface area (Å²) in [6.45, 7) is 4.06. The quantitative estimate of drug-likeness (QED) is 0.135. The largest absolute Gasteiger partial charge is 0.618 e. The summed E-state index contributed by atoms with van der Waals surface area (Å²) in [5.41, 5.74) is 3.47. The average molecular weight is 582 g/mol. The van der Waals surface area contributed by atoms with Gasteiger partial charge in [0.2, 0.25) is 0 Å². The maximum Gasteiger partial charge on any atom is 0.325 e. The van der Waals surface area contributed by atoms with Gasteiger partial charge < -0.3 is 35.2 Å². The Labute approximate surface area is 243 Å². The molecule has 11 heteroatoms. The lowest BCUT2D eigenvalue weighted by molar-refractivity contribution is -0.645. The summed E-state index contributed by atoms with van der Waals surface area (Å²) in [6.07, 6.45) is 0.340. The van der Waals surface area contributed by atoms with Gasteiger partial charge in [-0.25, -0.2) is 4.79 Å². The molecule has 2 amide bonds. The molecule has 2 aromatic carbocycles. The molecule has 0 radical (unpaired) electrons. The molecule has 10 nitrogen and oxygen atoms in total. The second-order valence-corrected chi connectivity index (χ2v) is 10.6. The third-order valence-corrected chi connectivity index (χ3v) is 7.82. The van der Waals surface area contributed by atoms with Gasteiger partial charge >= 0.3 is 12.0 Å². The van der Waals surface area contributed by atoms with Gasteiger partial charge in [-0.3, -0.25) is 4.79 Å². The van der Waals surface area contributed by atoms with E-state index < -0.39 is 18.3 Å². The Morgan fingerprint density at radius 1 is 1.00 bits per heavy atom. The van der Waals surface area contributed by atoms with E-state index in [0.717, 1.165) is 27.0 Å². The first-order chi connectivity index (χ1) is 19.9. The minimum atomic E-state index is -0.649. The van der Waals surface area contributed by atoms with Crippen LogP contribution in [0.4, 0.5) is 4.79 Å². The topological polar surface area (TPSA) is 133 Å². The number of aromatic nitrogens is 1. The summed E-state index contributed by atoms with van der Waals surface area (Å²) < 4.78 is 18.6. The fraction of sp³-hybridized carbons (Fsp3) is 0.367. The number of amides is 2. The summed E-state index contributed by atoms with van der Waals surface area (Å²) >= 11 is 1.44. The van der Waals surface area contributed by atoms with Crippen molar-refractivity contribution in [1.82, 2.24) is 10.6 Å². The number of hydrogen-bond donors (Lipinski definition) is 3. The second kappa shape index (κ2) is 14.8. The van der Waals surface area contributed by atoms with Crippen LogP contribution >= 0.6 is 11.8 Å². The molecule has 0 aliphatic carbocycles. The van der Waals surface area contributed by atoms with Crippen LogP contribution in [-0.4, -0.2) is 42.1 Å². The summed E-state index contributed by atoms with van der Waals surface area (Å²) in [5.74, 6) is 0.0461. The summed E-state index contributed by atoms with van der Waals surface area (Å²) in [7, 11) is 0. The minimum absolute atomic E-state index is 0.0147. The lowest BCUT2D eigenvalue weighted by atomic mass is 9.91. The molecule has 3 N–H and O–H groups in total. The molecule has 4 atom stereocenters. The number of aliphatic hydroxyl groups excluding tert-OH is 1. The number of pyridine rings is 1. The number of carbonyl (C=O) groups is 2. The van der Waals surface area contributed by atoms with Crippen molar-refractivity contribution in [3.05, 3.63) is 100 Å². The van der Waals surface area contributed by atoms with Crippen LogP contribution in [0, 0.1) is 11.1 Å². The van der Waals surface area contributed by atoms with Gasteiger partial charge in [0.25, 0.3) is 5.03 Å². The Hall–Kier alpha value is -3.64.